The Morgan fingerprint density at radius 1 is 1.29 bits per heavy atom. The van der Waals surface area contributed by atoms with Gasteiger partial charge in [0.2, 0.25) is 0 Å². The molecule has 116 valence electrons. The Morgan fingerprint density at radius 2 is 2.05 bits per heavy atom. The summed E-state index contributed by atoms with van der Waals surface area (Å²) in [6, 6.07) is 4.12. The van der Waals surface area contributed by atoms with Gasteiger partial charge in [0.25, 0.3) is 0 Å². The van der Waals surface area contributed by atoms with Gasteiger partial charge in [0, 0.05) is 37.0 Å². The predicted octanol–water partition coefficient (Wildman–Crippen LogP) is 0.850. The summed E-state index contributed by atoms with van der Waals surface area (Å²) in [6.45, 7) is 4.40. The molecule has 2 aliphatic rings. The van der Waals surface area contributed by atoms with Crippen LogP contribution in [0.15, 0.2) is 17.0 Å². The molecule has 1 aromatic carbocycles. The fourth-order valence-electron chi connectivity index (χ4n) is 2.76. The number of thioether (sulfide) groups is 1. The molecule has 0 aromatic heterocycles. The predicted molar refractivity (Wildman–Crippen MR) is 83.3 cm³/mol. The van der Waals surface area contributed by atoms with E-state index in [-0.39, 0.29) is 6.10 Å². The first kappa shape index (κ1) is 15.0. The Balaban J connectivity index is 1.63. The molecule has 3 N–H and O–H groups in total. The van der Waals surface area contributed by atoms with Crippen LogP contribution in [0.4, 0.5) is 0 Å². The molecule has 2 unspecified atom stereocenters. The quantitative estimate of drug-likeness (QED) is 0.701. The maximum absolute atomic E-state index is 9.80. The topological polar surface area (TPSA) is 62.8 Å². The lowest BCUT2D eigenvalue weighted by atomic mass is 10.1. The number of rotatable bonds is 5. The number of aliphatic hydroxyl groups is 1. The Morgan fingerprint density at radius 3 is 2.71 bits per heavy atom. The summed E-state index contributed by atoms with van der Waals surface area (Å²) in [5.74, 6) is 1.96. The van der Waals surface area contributed by atoms with Crippen LogP contribution in [0.3, 0.4) is 0 Å². The second-order valence-corrected chi connectivity index (χ2v) is 6.27. The lowest BCUT2D eigenvalue weighted by Crippen LogP contribution is -2.30. The molecule has 6 heteroatoms. The Labute approximate surface area is 129 Å². The first-order chi connectivity index (χ1) is 10.3. The van der Waals surface area contributed by atoms with E-state index < -0.39 is 0 Å². The van der Waals surface area contributed by atoms with E-state index in [9.17, 15) is 5.11 Å². The number of hydrogen-bond donors (Lipinski definition) is 3. The Bertz CT molecular complexity index is 498. The largest absolute Gasteiger partial charge is 0.486 e. The van der Waals surface area contributed by atoms with Crippen LogP contribution >= 0.6 is 11.8 Å². The van der Waals surface area contributed by atoms with Crippen molar-refractivity contribution in [1.82, 2.24) is 10.6 Å². The van der Waals surface area contributed by atoms with Gasteiger partial charge in [0.15, 0.2) is 11.5 Å². The van der Waals surface area contributed by atoms with E-state index in [0.29, 0.717) is 25.7 Å². The SMILES string of the molecule is CSc1cc2c(cc1CNCC1CNCC1O)OCCO2. The standard InChI is InChI=1S/C15H22N2O3S/c1-21-15-5-14-13(19-2-3-20-14)4-10(15)6-16-7-11-8-17-9-12(11)18/h4-5,11-12,16-18H,2-3,6-9H2,1H3. The van der Waals surface area contributed by atoms with E-state index in [0.717, 1.165) is 31.1 Å². The van der Waals surface area contributed by atoms with E-state index in [1.165, 1.54) is 10.5 Å². The highest BCUT2D eigenvalue weighted by Crippen LogP contribution is 2.36. The minimum Gasteiger partial charge on any atom is -0.486 e. The van der Waals surface area contributed by atoms with Crippen LogP contribution in [-0.2, 0) is 6.54 Å². The molecule has 1 saturated heterocycles. The smallest absolute Gasteiger partial charge is 0.162 e. The number of fused-ring (bicyclic) bond motifs is 1. The first-order valence-electron chi connectivity index (χ1n) is 7.34. The van der Waals surface area contributed by atoms with E-state index in [1.54, 1.807) is 11.8 Å². The zero-order valence-corrected chi connectivity index (χ0v) is 13.0. The molecule has 21 heavy (non-hydrogen) atoms. The van der Waals surface area contributed by atoms with Crippen molar-refractivity contribution in [3.63, 3.8) is 0 Å². The minimum absolute atomic E-state index is 0.238. The third-order valence-corrected chi connectivity index (χ3v) is 4.79. The first-order valence-corrected chi connectivity index (χ1v) is 8.56. The third kappa shape index (κ3) is 3.45. The van der Waals surface area contributed by atoms with Gasteiger partial charge in [-0.2, -0.15) is 0 Å². The molecule has 5 nitrogen and oxygen atoms in total. The summed E-state index contributed by atoms with van der Waals surface area (Å²) >= 11 is 1.71. The maximum Gasteiger partial charge on any atom is 0.162 e. The van der Waals surface area contributed by atoms with Crippen molar-refractivity contribution in [1.29, 1.82) is 0 Å². The number of aliphatic hydroxyl groups excluding tert-OH is 1. The molecule has 1 aromatic rings. The maximum atomic E-state index is 9.80. The monoisotopic (exact) mass is 310 g/mol. The van der Waals surface area contributed by atoms with Crippen LogP contribution in [0.1, 0.15) is 5.56 Å². The molecule has 2 atom stereocenters. The van der Waals surface area contributed by atoms with Crippen LogP contribution in [0.25, 0.3) is 0 Å². The van der Waals surface area contributed by atoms with E-state index in [1.807, 2.05) is 0 Å². The molecule has 0 saturated carbocycles. The lowest BCUT2D eigenvalue weighted by Gasteiger charge is -2.21. The van der Waals surface area contributed by atoms with Crippen molar-refractivity contribution in [2.75, 3.05) is 39.1 Å². The zero-order chi connectivity index (χ0) is 14.7. The van der Waals surface area contributed by atoms with Crippen molar-refractivity contribution in [3.05, 3.63) is 17.7 Å². The highest BCUT2D eigenvalue weighted by atomic mass is 32.2. The van der Waals surface area contributed by atoms with Crippen molar-refractivity contribution < 1.29 is 14.6 Å². The van der Waals surface area contributed by atoms with Crippen LogP contribution in [0, 0.1) is 5.92 Å². The summed E-state index contributed by atoms with van der Waals surface area (Å²) in [6.07, 6.45) is 1.83. The van der Waals surface area contributed by atoms with Gasteiger partial charge < -0.3 is 25.2 Å². The second-order valence-electron chi connectivity index (χ2n) is 5.42. The van der Waals surface area contributed by atoms with Crippen molar-refractivity contribution in [2.24, 2.45) is 5.92 Å². The van der Waals surface area contributed by atoms with Gasteiger partial charge in [0.1, 0.15) is 13.2 Å². The Kier molecular flexibility index (Phi) is 4.90. The average molecular weight is 310 g/mol. The van der Waals surface area contributed by atoms with Crippen LogP contribution in [0.5, 0.6) is 11.5 Å². The van der Waals surface area contributed by atoms with E-state index in [2.05, 4.69) is 29.0 Å². The molecule has 3 rings (SSSR count). The molecule has 0 spiro atoms. The molecule has 0 bridgehead atoms. The second kappa shape index (κ2) is 6.87. The minimum atomic E-state index is -0.238. The van der Waals surface area contributed by atoms with Crippen molar-refractivity contribution in [3.8, 4) is 11.5 Å². The molecule has 2 aliphatic heterocycles. The average Bonchev–Trinajstić information content (AvgIpc) is 2.92. The van der Waals surface area contributed by atoms with Gasteiger partial charge in [-0.05, 0) is 24.0 Å². The third-order valence-electron chi connectivity index (χ3n) is 3.97. The molecule has 0 radical (unpaired) electrons. The van der Waals surface area contributed by atoms with Gasteiger partial charge >= 0.3 is 0 Å². The summed E-state index contributed by atoms with van der Waals surface area (Å²) in [4.78, 5) is 1.21. The lowest BCUT2D eigenvalue weighted by molar-refractivity contribution is 0.146. The number of nitrogens with one attached hydrogen (secondary N) is 2. The summed E-state index contributed by atoms with van der Waals surface area (Å²) in [7, 11) is 0. The fraction of sp³-hybridized carbons (Fsp3) is 0.600. The molecule has 0 aliphatic carbocycles. The number of β-amino-alcohol motifs (C(OH)–C–C–N with tert-alkyl or cyclic N) is 1. The van der Waals surface area contributed by atoms with E-state index >= 15 is 0 Å². The summed E-state index contributed by atoms with van der Waals surface area (Å²) in [5.41, 5.74) is 1.21. The summed E-state index contributed by atoms with van der Waals surface area (Å²) in [5, 5.41) is 16.5. The summed E-state index contributed by atoms with van der Waals surface area (Å²) < 4.78 is 11.3. The molecular weight excluding hydrogens is 288 g/mol. The van der Waals surface area contributed by atoms with Crippen molar-refractivity contribution in [2.45, 2.75) is 17.5 Å². The molecular formula is C15H22N2O3S. The Hall–Kier alpha value is -0.950. The highest BCUT2D eigenvalue weighted by Gasteiger charge is 2.24. The number of hydrogen-bond acceptors (Lipinski definition) is 6. The van der Waals surface area contributed by atoms with Gasteiger partial charge in [0.05, 0.1) is 6.10 Å². The fourth-order valence-corrected chi connectivity index (χ4v) is 3.38. The molecule has 2 heterocycles. The molecule has 0 amide bonds. The van der Waals surface area contributed by atoms with Crippen LogP contribution in [-0.4, -0.2) is 50.3 Å². The van der Waals surface area contributed by atoms with Gasteiger partial charge in [-0.25, -0.2) is 0 Å². The van der Waals surface area contributed by atoms with Crippen LogP contribution in [0.2, 0.25) is 0 Å². The van der Waals surface area contributed by atoms with Crippen molar-refractivity contribution >= 4 is 11.8 Å². The highest BCUT2D eigenvalue weighted by molar-refractivity contribution is 7.98. The van der Waals surface area contributed by atoms with Gasteiger partial charge in [-0.15, -0.1) is 11.8 Å². The van der Waals surface area contributed by atoms with E-state index in [4.69, 9.17) is 9.47 Å². The number of ether oxygens (including phenoxy) is 2. The van der Waals surface area contributed by atoms with Crippen LogP contribution < -0.4 is 20.1 Å². The van der Waals surface area contributed by atoms with Gasteiger partial charge in [-0.1, -0.05) is 0 Å². The number of benzene rings is 1. The van der Waals surface area contributed by atoms with Gasteiger partial charge in [-0.3, -0.25) is 0 Å². The molecule has 1 fully saturated rings. The normalized spacial score (nSPS) is 24.3. The zero-order valence-electron chi connectivity index (χ0n) is 12.2.